The van der Waals surface area contributed by atoms with E-state index >= 15 is 0 Å². The fraction of sp³-hybridized carbons (Fsp3) is 0.500. The van der Waals surface area contributed by atoms with Gasteiger partial charge in [-0.2, -0.15) is 0 Å². The number of hydrogen-bond donors (Lipinski definition) is 2. The molecule has 1 amide bonds. The maximum Gasteiger partial charge on any atom is 0.225 e. The maximum absolute atomic E-state index is 12.6. The summed E-state index contributed by atoms with van der Waals surface area (Å²) < 4.78 is 0. The molecule has 2 heterocycles. The van der Waals surface area contributed by atoms with Crippen molar-refractivity contribution in [3.8, 4) is 0 Å². The number of nitrogens with one attached hydrogen (secondary N) is 2. The summed E-state index contributed by atoms with van der Waals surface area (Å²) in [6.45, 7) is 11.2. The maximum atomic E-state index is 12.6. The molecule has 0 radical (unpaired) electrons. The first-order chi connectivity index (χ1) is 15.6. The van der Waals surface area contributed by atoms with Crippen molar-refractivity contribution in [1.29, 1.82) is 0 Å². The van der Waals surface area contributed by atoms with Crippen molar-refractivity contribution in [3.05, 3.63) is 53.9 Å². The van der Waals surface area contributed by atoms with E-state index in [0.29, 0.717) is 38.5 Å². The van der Waals surface area contributed by atoms with Crippen LogP contribution in [0.5, 0.6) is 0 Å². The van der Waals surface area contributed by atoms with Gasteiger partial charge in [-0.05, 0) is 25.5 Å². The van der Waals surface area contributed by atoms with Crippen molar-refractivity contribution in [2.45, 2.75) is 33.1 Å². The molecule has 1 atom stereocenters. The molecule has 32 heavy (non-hydrogen) atoms. The van der Waals surface area contributed by atoms with Crippen LogP contribution in [0, 0.1) is 6.92 Å². The van der Waals surface area contributed by atoms with Gasteiger partial charge in [-0.1, -0.05) is 36.8 Å². The Labute approximate surface area is 191 Å². The van der Waals surface area contributed by atoms with Crippen molar-refractivity contribution in [3.63, 3.8) is 0 Å². The van der Waals surface area contributed by atoms with Gasteiger partial charge in [-0.25, -0.2) is 9.97 Å². The number of guanidine groups is 1. The fourth-order valence-corrected chi connectivity index (χ4v) is 3.63. The van der Waals surface area contributed by atoms with Crippen LogP contribution in [-0.2, 0) is 4.79 Å². The first kappa shape index (κ1) is 23.5. The summed E-state index contributed by atoms with van der Waals surface area (Å²) in [6, 6.07) is 10.4. The Bertz CT molecular complexity index is 862. The summed E-state index contributed by atoms with van der Waals surface area (Å²) in [7, 11) is 0. The standard InChI is InChI=1S/C24H35N7O/c1-4-25-23(29-18-20(3)21-8-6-19(2)7-9-21)26-13-10-22(32)30-14-16-31(17-15-30)24-27-11-5-12-28-24/h5-9,11-12,20H,4,10,13-18H2,1-3H3,(H2,25,26,29). The molecule has 0 saturated carbocycles. The zero-order valence-corrected chi connectivity index (χ0v) is 19.4. The van der Waals surface area contributed by atoms with E-state index in [2.05, 4.69) is 63.6 Å². The second-order valence-corrected chi connectivity index (χ2v) is 8.12. The topological polar surface area (TPSA) is 85.8 Å². The van der Waals surface area contributed by atoms with Gasteiger partial charge in [0.2, 0.25) is 11.9 Å². The Hall–Kier alpha value is -3.16. The Kier molecular flexibility index (Phi) is 8.83. The van der Waals surface area contributed by atoms with Crippen molar-refractivity contribution in [2.75, 3.05) is 50.7 Å². The first-order valence-electron chi connectivity index (χ1n) is 11.4. The van der Waals surface area contributed by atoms with E-state index in [4.69, 9.17) is 4.99 Å². The molecule has 1 aliphatic heterocycles. The van der Waals surface area contributed by atoms with Crippen LogP contribution in [0.25, 0.3) is 0 Å². The highest BCUT2D eigenvalue weighted by atomic mass is 16.2. The lowest BCUT2D eigenvalue weighted by Crippen LogP contribution is -2.50. The quantitative estimate of drug-likeness (QED) is 0.486. The van der Waals surface area contributed by atoms with Gasteiger partial charge in [-0.3, -0.25) is 9.79 Å². The summed E-state index contributed by atoms with van der Waals surface area (Å²) in [5.74, 6) is 1.98. The molecule has 1 aromatic heterocycles. The van der Waals surface area contributed by atoms with Gasteiger partial charge in [0, 0.05) is 70.5 Å². The normalized spacial score (nSPS) is 15.4. The number of aromatic nitrogens is 2. The molecular formula is C24H35N7O. The number of benzene rings is 1. The molecule has 2 aromatic rings. The average Bonchev–Trinajstić information content (AvgIpc) is 2.83. The van der Waals surface area contributed by atoms with E-state index in [1.54, 1.807) is 12.4 Å². The van der Waals surface area contributed by atoms with Crippen LogP contribution in [0.2, 0.25) is 0 Å². The van der Waals surface area contributed by atoms with Crippen molar-refractivity contribution in [2.24, 2.45) is 4.99 Å². The summed E-state index contributed by atoms with van der Waals surface area (Å²) in [4.78, 5) is 30.0. The molecule has 0 aliphatic carbocycles. The first-order valence-corrected chi connectivity index (χ1v) is 11.4. The third-order valence-electron chi connectivity index (χ3n) is 5.61. The van der Waals surface area contributed by atoms with E-state index in [0.717, 1.165) is 31.5 Å². The summed E-state index contributed by atoms with van der Waals surface area (Å²) in [5.41, 5.74) is 2.55. The lowest BCUT2D eigenvalue weighted by Gasteiger charge is -2.34. The summed E-state index contributed by atoms with van der Waals surface area (Å²) in [5, 5.41) is 6.57. The summed E-state index contributed by atoms with van der Waals surface area (Å²) >= 11 is 0. The molecule has 2 N–H and O–H groups in total. The van der Waals surface area contributed by atoms with Crippen LogP contribution in [0.1, 0.15) is 37.3 Å². The van der Waals surface area contributed by atoms with Crippen LogP contribution in [-0.4, -0.2) is 72.5 Å². The number of anilines is 1. The molecular weight excluding hydrogens is 402 g/mol. The molecule has 0 bridgehead atoms. The largest absolute Gasteiger partial charge is 0.357 e. The van der Waals surface area contributed by atoms with Crippen LogP contribution in [0.15, 0.2) is 47.7 Å². The molecule has 1 fully saturated rings. The third-order valence-corrected chi connectivity index (χ3v) is 5.61. The van der Waals surface area contributed by atoms with Crippen LogP contribution < -0.4 is 15.5 Å². The molecule has 8 nitrogen and oxygen atoms in total. The van der Waals surface area contributed by atoms with Crippen LogP contribution in [0.3, 0.4) is 0 Å². The third kappa shape index (κ3) is 6.93. The van der Waals surface area contributed by atoms with Gasteiger partial charge in [0.15, 0.2) is 5.96 Å². The molecule has 0 spiro atoms. The molecule has 172 valence electrons. The number of carbonyl (C=O) groups is 1. The monoisotopic (exact) mass is 437 g/mol. The number of amides is 1. The minimum absolute atomic E-state index is 0.162. The minimum atomic E-state index is 0.162. The van der Waals surface area contributed by atoms with Gasteiger partial charge in [0.05, 0.1) is 0 Å². The summed E-state index contributed by atoms with van der Waals surface area (Å²) in [6.07, 6.45) is 3.94. The number of hydrogen-bond acceptors (Lipinski definition) is 5. The molecule has 1 unspecified atom stereocenters. The fourth-order valence-electron chi connectivity index (χ4n) is 3.63. The van der Waals surface area contributed by atoms with Gasteiger partial charge in [0.1, 0.15) is 0 Å². The van der Waals surface area contributed by atoms with Crippen molar-refractivity contribution in [1.82, 2.24) is 25.5 Å². The number of nitrogens with zero attached hydrogens (tertiary/aromatic N) is 5. The SMILES string of the molecule is CCNC(=NCC(C)c1ccc(C)cc1)NCCC(=O)N1CCN(c2ncccn2)CC1. The molecule has 1 aliphatic rings. The predicted octanol–water partition coefficient (Wildman–Crippen LogP) is 2.18. The van der Waals surface area contributed by atoms with E-state index in [1.807, 2.05) is 17.9 Å². The van der Waals surface area contributed by atoms with Crippen LogP contribution >= 0.6 is 0 Å². The van der Waals surface area contributed by atoms with E-state index in [9.17, 15) is 4.79 Å². The van der Waals surface area contributed by atoms with Gasteiger partial charge >= 0.3 is 0 Å². The number of rotatable bonds is 8. The molecule has 3 rings (SSSR count). The van der Waals surface area contributed by atoms with Gasteiger partial charge in [-0.15, -0.1) is 0 Å². The number of piperazine rings is 1. The minimum Gasteiger partial charge on any atom is -0.357 e. The van der Waals surface area contributed by atoms with Crippen molar-refractivity contribution < 1.29 is 4.79 Å². The number of aryl methyl sites for hydroxylation is 1. The highest BCUT2D eigenvalue weighted by Crippen LogP contribution is 2.16. The van der Waals surface area contributed by atoms with Gasteiger partial charge < -0.3 is 20.4 Å². The molecule has 1 saturated heterocycles. The van der Waals surface area contributed by atoms with Gasteiger partial charge in [0.25, 0.3) is 0 Å². The van der Waals surface area contributed by atoms with E-state index < -0.39 is 0 Å². The predicted molar refractivity (Wildman–Crippen MR) is 129 cm³/mol. The lowest BCUT2D eigenvalue weighted by atomic mass is 10.0. The van der Waals surface area contributed by atoms with E-state index in [-0.39, 0.29) is 5.91 Å². The Balaban J connectivity index is 1.42. The zero-order chi connectivity index (χ0) is 22.8. The smallest absolute Gasteiger partial charge is 0.225 e. The highest BCUT2D eigenvalue weighted by molar-refractivity contribution is 5.81. The second kappa shape index (κ2) is 12.0. The second-order valence-electron chi connectivity index (χ2n) is 8.12. The molecule has 1 aromatic carbocycles. The average molecular weight is 438 g/mol. The Morgan fingerprint density at radius 1 is 1.09 bits per heavy atom. The lowest BCUT2D eigenvalue weighted by molar-refractivity contribution is -0.131. The Morgan fingerprint density at radius 2 is 1.78 bits per heavy atom. The number of aliphatic imine (C=N–C) groups is 1. The van der Waals surface area contributed by atoms with Crippen molar-refractivity contribution >= 4 is 17.8 Å². The van der Waals surface area contributed by atoms with E-state index in [1.165, 1.54) is 11.1 Å². The highest BCUT2D eigenvalue weighted by Gasteiger charge is 2.22. The Morgan fingerprint density at radius 3 is 2.44 bits per heavy atom. The van der Waals surface area contributed by atoms with Crippen LogP contribution in [0.4, 0.5) is 5.95 Å². The molecule has 8 heteroatoms. The zero-order valence-electron chi connectivity index (χ0n) is 19.4. The number of carbonyl (C=O) groups excluding carboxylic acids is 1.